The largest absolute Gasteiger partial charge is 0.437 e. The van der Waals surface area contributed by atoms with Gasteiger partial charge in [0.05, 0.1) is 5.69 Å². The van der Waals surface area contributed by atoms with Crippen molar-refractivity contribution in [3.63, 3.8) is 0 Å². The summed E-state index contributed by atoms with van der Waals surface area (Å²) in [6.45, 7) is 14.6. The molecule has 0 fully saturated rings. The molecule has 6 nitrogen and oxygen atoms in total. The van der Waals surface area contributed by atoms with Crippen molar-refractivity contribution in [2.24, 2.45) is 4.99 Å². The Morgan fingerprint density at radius 3 is 2.59 bits per heavy atom. The Morgan fingerprint density at radius 1 is 1.14 bits per heavy atom. The van der Waals surface area contributed by atoms with E-state index in [1.165, 1.54) is 0 Å². The molecule has 150 valence electrons. The molecule has 0 aliphatic carbocycles. The summed E-state index contributed by atoms with van der Waals surface area (Å²) < 4.78 is 6.24. The highest BCUT2D eigenvalue weighted by molar-refractivity contribution is 5.93. The lowest BCUT2D eigenvalue weighted by Gasteiger charge is -2.33. The maximum Gasteiger partial charge on any atom is 0.212 e. The summed E-state index contributed by atoms with van der Waals surface area (Å²) in [5.74, 6) is 2.90. The standard InChI is InChI=1S/C23H27N5O/c1-14(2)27-18(6)28(23-22(27)24-12-13-25-23)20-15(3)10-11-19-9-7-8-16(4)26-17(5)29-21(19)20/h7-8,10-14,18H,5,9H2,1-4,6H3/b8-7-,26-16?/t18-/m0/s1. The molecule has 0 amide bonds. The molecular weight excluding hydrogens is 362 g/mol. The second kappa shape index (κ2) is 7.35. The number of ether oxygens (including phenoxy) is 1. The molecule has 1 atom stereocenters. The molecule has 6 heteroatoms. The zero-order valence-corrected chi connectivity index (χ0v) is 17.7. The highest BCUT2D eigenvalue weighted by Crippen LogP contribution is 2.48. The molecule has 0 saturated carbocycles. The van der Waals surface area contributed by atoms with Gasteiger partial charge in [0, 0.05) is 29.7 Å². The molecule has 3 heterocycles. The van der Waals surface area contributed by atoms with Gasteiger partial charge in [-0.3, -0.25) is 4.90 Å². The smallest absolute Gasteiger partial charge is 0.212 e. The number of aryl methyl sites for hydroxylation is 1. The third-order valence-corrected chi connectivity index (χ3v) is 5.34. The van der Waals surface area contributed by atoms with Crippen molar-refractivity contribution in [2.75, 3.05) is 9.80 Å². The molecule has 0 N–H and O–H groups in total. The van der Waals surface area contributed by atoms with Crippen molar-refractivity contribution in [3.8, 4) is 5.75 Å². The molecule has 0 radical (unpaired) electrons. The van der Waals surface area contributed by atoms with Gasteiger partial charge in [-0.2, -0.15) is 0 Å². The van der Waals surface area contributed by atoms with E-state index in [1.807, 2.05) is 13.0 Å². The first-order chi connectivity index (χ1) is 13.9. The highest BCUT2D eigenvalue weighted by Gasteiger charge is 2.39. The number of fused-ring (bicyclic) bond motifs is 2. The minimum absolute atomic E-state index is 0.0443. The van der Waals surface area contributed by atoms with Crippen LogP contribution in [0.1, 0.15) is 38.8 Å². The van der Waals surface area contributed by atoms with Gasteiger partial charge in [-0.1, -0.05) is 18.2 Å². The zero-order chi connectivity index (χ0) is 20.7. The molecule has 4 rings (SSSR count). The molecule has 2 aliphatic heterocycles. The average Bonchev–Trinajstić information content (AvgIpc) is 2.98. The topological polar surface area (TPSA) is 53.9 Å². The van der Waals surface area contributed by atoms with Gasteiger partial charge in [0.25, 0.3) is 0 Å². The van der Waals surface area contributed by atoms with E-state index in [0.29, 0.717) is 5.88 Å². The SMILES string of the molecule is C=C1N=C(C)/C=C\Cc2ccc(C)c(N3c4nccnc4N(C(C)C)[C@@H]3C)c2O1. The van der Waals surface area contributed by atoms with Gasteiger partial charge in [0.1, 0.15) is 6.17 Å². The Kier molecular flexibility index (Phi) is 4.86. The van der Waals surface area contributed by atoms with Gasteiger partial charge in [-0.15, -0.1) is 0 Å². The summed E-state index contributed by atoms with van der Waals surface area (Å²) in [5, 5.41) is 0. The molecule has 0 bridgehead atoms. The first-order valence-electron chi connectivity index (χ1n) is 9.98. The molecular formula is C23H27N5O. The first-order valence-corrected chi connectivity index (χ1v) is 9.98. The minimum Gasteiger partial charge on any atom is -0.437 e. The third-order valence-electron chi connectivity index (χ3n) is 5.34. The monoisotopic (exact) mass is 389 g/mol. The van der Waals surface area contributed by atoms with Crippen molar-refractivity contribution in [3.05, 3.63) is 60.3 Å². The predicted molar refractivity (Wildman–Crippen MR) is 118 cm³/mol. The molecule has 0 unspecified atom stereocenters. The van der Waals surface area contributed by atoms with Crippen LogP contribution in [0.4, 0.5) is 17.3 Å². The number of nitrogens with zero attached hydrogens (tertiary/aromatic N) is 5. The number of hydrogen-bond donors (Lipinski definition) is 0. The highest BCUT2D eigenvalue weighted by atomic mass is 16.5. The summed E-state index contributed by atoms with van der Waals surface area (Å²) in [6.07, 6.45) is 8.40. The van der Waals surface area contributed by atoms with Gasteiger partial charge in [-0.25, -0.2) is 15.0 Å². The second-order valence-electron chi connectivity index (χ2n) is 7.78. The van der Waals surface area contributed by atoms with Gasteiger partial charge in [-0.05, 0) is 59.3 Å². The molecule has 0 spiro atoms. The summed E-state index contributed by atoms with van der Waals surface area (Å²) in [5.41, 5.74) is 4.06. The number of aromatic nitrogens is 2. The number of allylic oxidation sites excluding steroid dienone is 2. The fraction of sp³-hybridized carbons (Fsp3) is 0.348. The number of rotatable bonds is 2. The van der Waals surface area contributed by atoms with E-state index in [2.05, 4.69) is 77.2 Å². The Morgan fingerprint density at radius 2 is 1.86 bits per heavy atom. The Hall–Kier alpha value is -3.15. The first kappa shape index (κ1) is 19.2. The lowest BCUT2D eigenvalue weighted by molar-refractivity contribution is 0.419. The minimum atomic E-state index is 0.0443. The molecule has 1 aromatic carbocycles. The van der Waals surface area contributed by atoms with Gasteiger partial charge in [0.2, 0.25) is 5.88 Å². The van der Waals surface area contributed by atoms with Crippen LogP contribution in [0.5, 0.6) is 5.75 Å². The van der Waals surface area contributed by atoms with E-state index in [9.17, 15) is 0 Å². The number of hydrogen-bond acceptors (Lipinski definition) is 6. The van der Waals surface area contributed by atoms with Crippen LogP contribution in [0, 0.1) is 6.92 Å². The van der Waals surface area contributed by atoms with E-state index in [0.717, 1.165) is 46.3 Å². The number of aliphatic imine (C=N–C) groups is 1. The van der Waals surface area contributed by atoms with E-state index in [4.69, 9.17) is 4.74 Å². The van der Waals surface area contributed by atoms with Gasteiger partial charge in [0.15, 0.2) is 17.4 Å². The van der Waals surface area contributed by atoms with Crippen molar-refractivity contribution in [1.82, 2.24) is 9.97 Å². The molecule has 0 saturated heterocycles. The summed E-state index contributed by atoms with van der Waals surface area (Å²) in [7, 11) is 0. The second-order valence-corrected chi connectivity index (χ2v) is 7.78. The van der Waals surface area contributed by atoms with E-state index in [1.54, 1.807) is 12.4 Å². The summed E-state index contributed by atoms with van der Waals surface area (Å²) in [4.78, 5) is 18.3. The van der Waals surface area contributed by atoms with E-state index < -0.39 is 0 Å². The van der Waals surface area contributed by atoms with Crippen LogP contribution in [0.2, 0.25) is 0 Å². The predicted octanol–water partition coefficient (Wildman–Crippen LogP) is 4.92. The molecule has 2 aromatic rings. The van der Waals surface area contributed by atoms with Crippen molar-refractivity contribution < 1.29 is 4.74 Å². The van der Waals surface area contributed by atoms with Crippen LogP contribution in [0.3, 0.4) is 0 Å². The normalized spacial score (nSPS) is 19.7. The van der Waals surface area contributed by atoms with Crippen LogP contribution in [-0.2, 0) is 6.42 Å². The maximum atomic E-state index is 6.24. The number of anilines is 3. The fourth-order valence-corrected chi connectivity index (χ4v) is 4.14. The lowest BCUT2D eigenvalue weighted by Crippen LogP contribution is -2.43. The molecule has 1 aromatic heterocycles. The van der Waals surface area contributed by atoms with Gasteiger partial charge >= 0.3 is 0 Å². The summed E-state index contributed by atoms with van der Waals surface area (Å²) in [6, 6.07) is 4.54. The Labute approximate surface area is 172 Å². The Bertz CT molecular complexity index is 1020. The van der Waals surface area contributed by atoms with Crippen LogP contribution in [-0.4, -0.2) is 27.9 Å². The Balaban J connectivity index is 1.92. The maximum absolute atomic E-state index is 6.24. The van der Waals surface area contributed by atoms with E-state index >= 15 is 0 Å². The summed E-state index contributed by atoms with van der Waals surface area (Å²) >= 11 is 0. The van der Waals surface area contributed by atoms with Crippen molar-refractivity contribution in [2.45, 2.75) is 53.2 Å². The number of benzene rings is 1. The van der Waals surface area contributed by atoms with Gasteiger partial charge < -0.3 is 9.64 Å². The zero-order valence-electron chi connectivity index (χ0n) is 17.7. The van der Waals surface area contributed by atoms with Crippen LogP contribution in [0.15, 0.2) is 54.1 Å². The average molecular weight is 390 g/mol. The fourth-order valence-electron chi connectivity index (χ4n) is 4.14. The van der Waals surface area contributed by atoms with Crippen molar-refractivity contribution >= 4 is 23.0 Å². The van der Waals surface area contributed by atoms with Crippen molar-refractivity contribution in [1.29, 1.82) is 0 Å². The van der Waals surface area contributed by atoms with E-state index in [-0.39, 0.29) is 12.2 Å². The molecule has 29 heavy (non-hydrogen) atoms. The van der Waals surface area contributed by atoms with Crippen LogP contribution >= 0.6 is 0 Å². The molecule has 2 aliphatic rings. The lowest BCUT2D eigenvalue weighted by atomic mass is 10.0. The third kappa shape index (κ3) is 3.28. The van der Waals surface area contributed by atoms with Crippen LogP contribution < -0.4 is 14.5 Å². The van der Waals surface area contributed by atoms with Crippen LogP contribution in [0.25, 0.3) is 0 Å². The quantitative estimate of drug-likeness (QED) is 0.730.